The summed E-state index contributed by atoms with van der Waals surface area (Å²) < 4.78 is 26.7. The summed E-state index contributed by atoms with van der Waals surface area (Å²) in [4.78, 5) is 0. The van der Waals surface area contributed by atoms with E-state index in [2.05, 4.69) is 4.72 Å². The van der Waals surface area contributed by atoms with Crippen LogP contribution in [0.4, 0.5) is 0 Å². The molecule has 0 aliphatic heterocycles. The molecule has 0 saturated heterocycles. The van der Waals surface area contributed by atoms with E-state index in [4.69, 9.17) is 5.73 Å². The monoisotopic (exact) mass is 245 g/mol. The molecule has 0 radical (unpaired) electrons. The first-order valence-electron chi connectivity index (χ1n) is 4.26. The van der Waals surface area contributed by atoms with Gasteiger partial charge in [0.2, 0.25) is 0 Å². The van der Waals surface area contributed by atoms with Crippen molar-refractivity contribution in [2.24, 2.45) is 5.73 Å². The van der Waals surface area contributed by atoms with Gasteiger partial charge in [0.15, 0.2) is 0 Å². The Morgan fingerprint density at radius 2 is 1.79 bits per heavy atom. The molecule has 0 aromatic carbocycles. The lowest BCUT2D eigenvalue weighted by molar-refractivity contribution is 0.398. The molecule has 3 N–H and O–H groups in total. The van der Waals surface area contributed by atoms with E-state index in [-0.39, 0.29) is 24.5 Å². The van der Waals surface area contributed by atoms with Gasteiger partial charge in [-0.15, -0.1) is 12.4 Å². The summed E-state index contributed by atoms with van der Waals surface area (Å²) in [6.07, 6.45) is 0. The third-order valence-electron chi connectivity index (χ3n) is 1.81. The molecule has 88 valence electrons. The number of hydrogen-bond donors (Lipinski definition) is 2. The van der Waals surface area contributed by atoms with Gasteiger partial charge in [0.05, 0.1) is 0 Å². The summed E-state index contributed by atoms with van der Waals surface area (Å²) in [5, 5.41) is 0. The van der Waals surface area contributed by atoms with E-state index in [9.17, 15) is 8.42 Å². The van der Waals surface area contributed by atoms with Gasteiger partial charge in [-0.2, -0.15) is 17.4 Å². The normalized spacial score (nSPS) is 14.2. The molecule has 0 fully saturated rings. The van der Waals surface area contributed by atoms with Gasteiger partial charge in [0, 0.05) is 25.7 Å². The van der Waals surface area contributed by atoms with Crippen molar-refractivity contribution in [1.82, 2.24) is 9.03 Å². The third kappa shape index (κ3) is 5.11. The summed E-state index contributed by atoms with van der Waals surface area (Å²) in [6, 6.07) is -0.284. The van der Waals surface area contributed by atoms with Crippen LogP contribution in [0.3, 0.4) is 0 Å². The lowest BCUT2D eigenvalue weighted by Crippen LogP contribution is -2.47. The molecule has 5 nitrogen and oxygen atoms in total. The Labute approximate surface area is 92.6 Å². The van der Waals surface area contributed by atoms with E-state index in [1.54, 1.807) is 6.92 Å². The molecule has 7 heteroatoms. The highest BCUT2D eigenvalue weighted by Gasteiger charge is 2.21. The Bertz CT molecular complexity index is 243. The first-order valence-corrected chi connectivity index (χ1v) is 5.70. The molecule has 0 aliphatic rings. The second kappa shape index (κ2) is 6.58. The summed E-state index contributed by atoms with van der Waals surface area (Å²) in [5.74, 6) is 0. The van der Waals surface area contributed by atoms with Gasteiger partial charge in [-0.05, 0) is 20.8 Å². The minimum absolute atomic E-state index is 0. The Morgan fingerprint density at radius 3 is 2.07 bits per heavy atom. The van der Waals surface area contributed by atoms with Crippen molar-refractivity contribution in [2.45, 2.75) is 32.9 Å². The lowest BCUT2D eigenvalue weighted by Gasteiger charge is -2.23. The maximum absolute atomic E-state index is 11.5. The smallest absolute Gasteiger partial charge is 0.279 e. The molecule has 0 unspecified atom stereocenters. The molecule has 0 aromatic rings. The van der Waals surface area contributed by atoms with Crippen molar-refractivity contribution in [3.8, 4) is 0 Å². The van der Waals surface area contributed by atoms with E-state index in [1.165, 1.54) is 11.4 Å². The number of nitrogens with one attached hydrogen (secondary N) is 1. The first-order chi connectivity index (χ1) is 5.81. The van der Waals surface area contributed by atoms with Crippen molar-refractivity contribution in [1.29, 1.82) is 0 Å². The molecular weight excluding hydrogens is 226 g/mol. The minimum atomic E-state index is -3.37. The standard InChI is InChI=1S/C7H19N3O2S.ClH/c1-6(2)10(4)13(11,12)9-7(3)5-8;/h6-7,9H,5,8H2,1-4H3;1H/t7-;/m0./s1. The largest absolute Gasteiger partial charge is 0.329 e. The molecule has 0 heterocycles. The van der Waals surface area contributed by atoms with Crippen LogP contribution < -0.4 is 10.5 Å². The van der Waals surface area contributed by atoms with E-state index >= 15 is 0 Å². The van der Waals surface area contributed by atoms with E-state index in [0.29, 0.717) is 6.54 Å². The zero-order valence-electron chi connectivity index (χ0n) is 9.02. The van der Waals surface area contributed by atoms with Crippen molar-refractivity contribution >= 4 is 22.6 Å². The number of halogens is 1. The van der Waals surface area contributed by atoms with E-state index < -0.39 is 10.2 Å². The van der Waals surface area contributed by atoms with Gasteiger partial charge in [-0.1, -0.05) is 0 Å². The van der Waals surface area contributed by atoms with Crippen molar-refractivity contribution in [3.05, 3.63) is 0 Å². The van der Waals surface area contributed by atoms with Crippen LogP contribution in [0.1, 0.15) is 20.8 Å². The fourth-order valence-electron chi connectivity index (χ4n) is 0.663. The molecule has 0 saturated carbocycles. The number of nitrogens with two attached hydrogens (primary N) is 1. The third-order valence-corrected chi connectivity index (χ3v) is 3.69. The molecule has 0 aliphatic carbocycles. The highest BCUT2D eigenvalue weighted by molar-refractivity contribution is 7.87. The number of nitrogens with zero attached hydrogens (tertiary/aromatic N) is 1. The number of hydrogen-bond acceptors (Lipinski definition) is 3. The van der Waals surface area contributed by atoms with Gasteiger partial charge in [-0.3, -0.25) is 0 Å². The predicted molar refractivity (Wildman–Crippen MR) is 60.7 cm³/mol. The van der Waals surface area contributed by atoms with E-state index in [0.717, 1.165) is 0 Å². The van der Waals surface area contributed by atoms with Crippen LogP contribution >= 0.6 is 12.4 Å². The molecule has 0 rings (SSSR count). The average Bonchev–Trinajstić information content (AvgIpc) is 2.01. The van der Waals surface area contributed by atoms with Crippen molar-refractivity contribution in [2.75, 3.05) is 13.6 Å². The first kappa shape index (κ1) is 16.5. The van der Waals surface area contributed by atoms with Crippen molar-refractivity contribution in [3.63, 3.8) is 0 Å². The fraction of sp³-hybridized carbons (Fsp3) is 1.00. The van der Waals surface area contributed by atoms with Gasteiger partial charge in [-0.25, -0.2) is 0 Å². The molecule has 0 bridgehead atoms. The van der Waals surface area contributed by atoms with Crippen LogP contribution in [0.5, 0.6) is 0 Å². The Balaban J connectivity index is 0. The predicted octanol–water partition coefficient (Wildman–Crippen LogP) is -0.0700. The summed E-state index contributed by atoms with van der Waals surface area (Å²) in [6.45, 7) is 5.65. The highest BCUT2D eigenvalue weighted by atomic mass is 35.5. The van der Waals surface area contributed by atoms with Crippen LogP contribution in [0.15, 0.2) is 0 Å². The zero-order valence-corrected chi connectivity index (χ0v) is 10.7. The van der Waals surface area contributed by atoms with Crippen LogP contribution in [0.2, 0.25) is 0 Å². The Hall–Kier alpha value is 0.120. The maximum Gasteiger partial charge on any atom is 0.279 e. The average molecular weight is 246 g/mol. The quantitative estimate of drug-likeness (QED) is 0.712. The van der Waals surface area contributed by atoms with Gasteiger partial charge < -0.3 is 5.73 Å². The molecule has 0 amide bonds. The van der Waals surface area contributed by atoms with Crippen molar-refractivity contribution < 1.29 is 8.42 Å². The Kier molecular flexibility index (Phi) is 7.77. The number of rotatable bonds is 5. The fourth-order valence-corrected chi connectivity index (χ4v) is 1.99. The SMILES string of the molecule is CC(C)N(C)S(=O)(=O)N[C@@H](C)CN.Cl. The van der Waals surface area contributed by atoms with Crippen LogP contribution in [-0.2, 0) is 10.2 Å². The molecular formula is C7H20ClN3O2S. The summed E-state index contributed by atoms with van der Waals surface area (Å²) in [7, 11) is -1.83. The maximum atomic E-state index is 11.5. The molecule has 0 aromatic heterocycles. The van der Waals surface area contributed by atoms with E-state index in [1.807, 2.05) is 13.8 Å². The van der Waals surface area contributed by atoms with Gasteiger partial charge in [0.25, 0.3) is 10.2 Å². The van der Waals surface area contributed by atoms with Crippen LogP contribution in [0.25, 0.3) is 0 Å². The lowest BCUT2D eigenvalue weighted by atomic mass is 10.4. The summed E-state index contributed by atoms with van der Waals surface area (Å²) >= 11 is 0. The highest BCUT2D eigenvalue weighted by Crippen LogP contribution is 2.01. The Morgan fingerprint density at radius 1 is 1.36 bits per heavy atom. The molecule has 0 spiro atoms. The van der Waals surface area contributed by atoms with Gasteiger partial charge >= 0.3 is 0 Å². The van der Waals surface area contributed by atoms with Crippen LogP contribution in [-0.4, -0.2) is 38.4 Å². The zero-order chi connectivity index (χ0) is 10.6. The molecule has 14 heavy (non-hydrogen) atoms. The van der Waals surface area contributed by atoms with Gasteiger partial charge in [0.1, 0.15) is 0 Å². The minimum Gasteiger partial charge on any atom is -0.329 e. The topological polar surface area (TPSA) is 75.4 Å². The van der Waals surface area contributed by atoms with Crippen LogP contribution in [0, 0.1) is 0 Å². The summed E-state index contributed by atoms with van der Waals surface area (Å²) in [5.41, 5.74) is 5.31. The second-order valence-electron chi connectivity index (χ2n) is 3.37. The second-order valence-corrected chi connectivity index (χ2v) is 5.13. The molecule has 1 atom stereocenters.